The van der Waals surface area contributed by atoms with Gasteiger partial charge in [-0.2, -0.15) is 23.8 Å². The van der Waals surface area contributed by atoms with E-state index in [2.05, 4.69) is 67.1 Å². The van der Waals surface area contributed by atoms with E-state index in [-0.39, 0.29) is 24.8 Å². The van der Waals surface area contributed by atoms with Gasteiger partial charge in [0.2, 0.25) is 0 Å². The maximum atomic E-state index is 2.50. The molecule has 0 N–H and O–H groups in total. The average molecular weight is 567 g/mol. The van der Waals surface area contributed by atoms with E-state index < -0.39 is 0 Å². The minimum absolute atomic E-state index is 0. The molecule has 0 nitrogen and oxygen atoms in total. The van der Waals surface area contributed by atoms with Crippen molar-refractivity contribution in [3.05, 3.63) is 131 Å². The van der Waals surface area contributed by atoms with Crippen molar-refractivity contribution in [1.29, 1.82) is 0 Å². The molecule has 3 aromatic carbocycles. The first-order valence-corrected chi connectivity index (χ1v) is 13.2. The van der Waals surface area contributed by atoms with Crippen LogP contribution in [0, 0.1) is 6.42 Å². The number of hydrogen-bond donors (Lipinski definition) is 0. The van der Waals surface area contributed by atoms with Crippen LogP contribution in [0.4, 0.5) is 0 Å². The molecule has 3 heteroatoms. The minimum Gasteiger partial charge on any atom is -0.214 e. The summed E-state index contributed by atoms with van der Waals surface area (Å²) in [7, 11) is 0. The molecule has 0 amide bonds. The molecule has 3 aliphatic carbocycles. The molecule has 0 saturated carbocycles. The summed E-state index contributed by atoms with van der Waals surface area (Å²) in [5.41, 5.74) is 9.72. The molecule has 0 aromatic heterocycles. The molecule has 176 valence electrons. The molecule has 0 fully saturated rings. The van der Waals surface area contributed by atoms with Crippen molar-refractivity contribution in [1.82, 2.24) is 0 Å². The van der Waals surface area contributed by atoms with E-state index in [4.69, 9.17) is 0 Å². The standard InChI is InChI=1S/C13H17.C13H10.C5H5.2ClH.Zr/c1-3-7-12-10(5-1)9-11-6-2-4-8-13(11)12;1-3-7-12(8-4-1)11-13-9-5-2-6-10-13;1-2-4-5-3-1;;;/h5H,1-4,6-9H2;1-10H;1-5H;2*1H;/q-1;;-1;;;+2/p-2. The zero-order chi connectivity index (χ0) is 22.0. The van der Waals surface area contributed by atoms with Gasteiger partial charge >= 0.3 is 99.2 Å². The molecule has 6 rings (SSSR count). The molecule has 0 spiro atoms. The van der Waals surface area contributed by atoms with Crippen LogP contribution in [0.2, 0.25) is 0 Å². The van der Waals surface area contributed by atoms with Crippen molar-refractivity contribution in [2.24, 2.45) is 0 Å². The molecular formula is C31H32Cl2Zr-2. The minimum atomic E-state index is 0. The van der Waals surface area contributed by atoms with Crippen LogP contribution in [0.3, 0.4) is 0 Å². The smallest absolute Gasteiger partial charge is 0.172 e. The summed E-state index contributed by atoms with van der Waals surface area (Å²) in [6.45, 7) is 0. The summed E-state index contributed by atoms with van der Waals surface area (Å²) in [6, 6.07) is 31.1. The fourth-order valence-electron chi connectivity index (χ4n) is 4.82. The number of hydrogen-bond acceptors (Lipinski definition) is 0. The zero-order valence-electron chi connectivity index (χ0n) is 19.7. The first-order chi connectivity index (χ1) is 15.8. The van der Waals surface area contributed by atoms with E-state index in [1.54, 1.807) is 22.3 Å². The molecule has 0 atom stereocenters. The predicted octanol–water partition coefficient (Wildman–Crippen LogP) is 2.16. The van der Waals surface area contributed by atoms with Crippen LogP contribution in [-0.4, -0.2) is 3.21 Å². The third-order valence-corrected chi connectivity index (χ3v) is 7.86. The van der Waals surface area contributed by atoms with Crippen molar-refractivity contribution in [3.63, 3.8) is 0 Å². The van der Waals surface area contributed by atoms with Gasteiger partial charge < -0.3 is 24.8 Å². The maximum absolute atomic E-state index is 2.50. The Kier molecular flexibility index (Phi) is 13.1. The van der Waals surface area contributed by atoms with E-state index in [1.807, 2.05) is 30.3 Å². The Morgan fingerprint density at radius 2 is 1.21 bits per heavy atom. The van der Waals surface area contributed by atoms with E-state index in [9.17, 15) is 0 Å². The molecule has 0 heterocycles. The van der Waals surface area contributed by atoms with Gasteiger partial charge in [0.05, 0.1) is 0 Å². The summed E-state index contributed by atoms with van der Waals surface area (Å²) < 4.78 is 1.42. The monoisotopic (exact) mass is 564 g/mol. The molecule has 3 aliphatic rings. The van der Waals surface area contributed by atoms with Crippen LogP contribution < -0.4 is 24.8 Å². The number of allylic oxidation sites excluding steroid dienone is 4. The molecule has 0 aliphatic heterocycles. The van der Waals surface area contributed by atoms with Crippen molar-refractivity contribution < 1.29 is 49.0 Å². The van der Waals surface area contributed by atoms with Gasteiger partial charge in [-0.1, -0.05) is 24.8 Å². The van der Waals surface area contributed by atoms with Crippen molar-refractivity contribution in [2.45, 2.75) is 51.4 Å². The van der Waals surface area contributed by atoms with E-state index >= 15 is 0 Å². The van der Waals surface area contributed by atoms with Crippen LogP contribution in [0.1, 0.15) is 62.5 Å². The van der Waals surface area contributed by atoms with Crippen molar-refractivity contribution >= 4 is 3.21 Å². The molecule has 0 radical (unpaired) electrons. The molecule has 0 saturated heterocycles. The third kappa shape index (κ3) is 8.01. The first kappa shape index (κ1) is 28.7. The first-order valence-electron chi connectivity index (χ1n) is 12.0. The fraction of sp³-hybridized carbons (Fsp3) is 0.258. The van der Waals surface area contributed by atoms with E-state index in [0.717, 1.165) is 0 Å². The summed E-state index contributed by atoms with van der Waals surface area (Å²) >= 11 is 1.46. The Bertz CT molecular complexity index is 959. The summed E-state index contributed by atoms with van der Waals surface area (Å²) in [5.74, 6) is 0. The summed E-state index contributed by atoms with van der Waals surface area (Å²) in [5, 5.41) is 0. The molecule has 34 heavy (non-hydrogen) atoms. The Morgan fingerprint density at radius 3 is 1.76 bits per heavy atom. The van der Waals surface area contributed by atoms with Crippen LogP contribution in [-0.2, 0) is 24.2 Å². The zero-order valence-corrected chi connectivity index (χ0v) is 23.6. The molecular weight excluding hydrogens is 534 g/mol. The molecule has 0 bridgehead atoms. The van der Waals surface area contributed by atoms with Gasteiger partial charge in [0, 0.05) is 0 Å². The van der Waals surface area contributed by atoms with Crippen molar-refractivity contribution in [3.8, 4) is 0 Å². The quantitative estimate of drug-likeness (QED) is 0.418. The van der Waals surface area contributed by atoms with E-state index in [1.165, 1.54) is 89.9 Å². The van der Waals surface area contributed by atoms with Crippen molar-refractivity contribution in [2.75, 3.05) is 0 Å². The van der Waals surface area contributed by atoms with Gasteiger partial charge in [-0.15, -0.1) is 12.0 Å². The summed E-state index contributed by atoms with van der Waals surface area (Å²) in [6.07, 6.45) is 13.6. The topological polar surface area (TPSA) is 0 Å². The molecule has 0 unspecified atom stereocenters. The van der Waals surface area contributed by atoms with Crippen LogP contribution in [0.25, 0.3) is 0 Å². The Hall–Kier alpha value is -1.53. The van der Waals surface area contributed by atoms with Gasteiger partial charge in [-0.05, 0) is 25.7 Å². The maximum Gasteiger partial charge on any atom is -0.172 e. The molecule has 3 aromatic rings. The van der Waals surface area contributed by atoms with Gasteiger partial charge in [-0.3, -0.25) is 0 Å². The summed E-state index contributed by atoms with van der Waals surface area (Å²) in [4.78, 5) is 0. The Balaban J connectivity index is 0.000000191. The Morgan fingerprint density at radius 1 is 0.647 bits per heavy atom. The second-order valence-corrected chi connectivity index (χ2v) is 9.86. The fourth-order valence-corrected chi connectivity index (χ4v) is 5.64. The SMILES string of the molecule is [CH-]1CCCC2=C1CC1=C2CCCC1.[Cl-].[Cl-].[Zr+2]=[C](c1ccccc1)c1ccccc1.c1cc[cH-]c1. The average Bonchev–Trinajstić information content (AvgIpc) is 3.57. The second kappa shape index (κ2) is 15.5. The second-order valence-electron chi connectivity index (χ2n) is 8.64. The van der Waals surface area contributed by atoms with Gasteiger partial charge in [0.25, 0.3) is 0 Å². The number of halogens is 2. The normalized spacial score (nSPS) is 15.6. The van der Waals surface area contributed by atoms with Gasteiger partial charge in [0.15, 0.2) is 0 Å². The predicted molar refractivity (Wildman–Crippen MR) is 133 cm³/mol. The van der Waals surface area contributed by atoms with E-state index in [0.29, 0.717) is 0 Å². The van der Waals surface area contributed by atoms with Crippen LogP contribution >= 0.6 is 0 Å². The number of fused-ring (bicyclic) bond motifs is 1. The third-order valence-electron chi connectivity index (χ3n) is 6.44. The van der Waals surface area contributed by atoms with Crippen LogP contribution in [0.5, 0.6) is 0 Å². The number of rotatable bonds is 2. The van der Waals surface area contributed by atoms with Crippen LogP contribution in [0.15, 0.2) is 113 Å². The number of benzene rings is 2. The van der Waals surface area contributed by atoms with Gasteiger partial charge in [-0.25, -0.2) is 24.1 Å². The largest absolute Gasteiger partial charge is 0.214 e. The Labute approximate surface area is 233 Å². The van der Waals surface area contributed by atoms with Gasteiger partial charge in [0.1, 0.15) is 0 Å².